The molecule has 3 saturated carbocycles. The van der Waals surface area contributed by atoms with Crippen LogP contribution in [0.1, 0.15) is 143 Å². The van der Waals surface area contributed by atoms with Crippen LogP contribution in [0, 0.1) is 28.6 Å². The molecule has 4 rings (SSSR count). The lowest BCUT2D eigenvalue weighted by Crippen LogP contribution is -2.52. The van der Waals surface area contributed by atoms with Crippen molar-refractivity contribution < 1.29 is 19.1 Å². The highest BCUT2D eigenvalue weighted by atomic mass is 16.5. The van der Waals surface area contributed by atoms with Crippen LogP contribution < -0.4 is 0 Å². The molecule has 0 spiro atoms. The van der Waals surface area contributed by atoms with Crippen molar-refractivity contribution in [2.24, 2.45) is 28.6 Å². The van der Waals surface area contributed by atoms with Crippen molar-refractivity contribution in [1.29, 1.82) is 0 Å². The second-order valence-corrected chi connectivity index (χ2v) is 13.3. The van der Waals surface area contributed by atoms with Gasteiger partial charge in [0.05, 0.1) is 0 Å². The summed E-state index contributed by atoms with van der Waals surface area (Å²) in [6.45, 7) is 9.33. The van der Waals surface area contributed by atoms with Crippen LogP contribution in [0.25, 0.3) is 0 Å². The van der Waals surface area contributed by atoms with Crippen molar-refractivity contribution in [3.8, 4) is 0 Å². The van der Waals surface area contributed by atoms with Crippen LogP contribution in [0.4, 0.5) is 0 Å². The summed E-state index contributed by atoms with van der Waals surface area (Å²) in [5.41, 5.74) is 1.94. The third-order valence-electron chi connectivity index (χ3n) is 11.0. The Hall–Kier alpha value is -1.32. The molecular weight excluding hydrogens is 460 g/mol. The largest absolute Gasteiger partial charge is 0.462 e. The summed E-state index contributed by atoms with van der Waals surface area (Å²) in [5, 5.41) is 0. The van der Waals surface area contributed by atoms with Crippen LogP contribution in [0.2, 0.25) is 0 Å². The maximum absolute atomic E-state index is 12.6. The monoisotopic (exact) mass is 514 g/mol. The van der Waals surface area contributed by atoms with Gasteiger partial charge in [-0.25, -0.2) is 0 Å². The Balaban J connectivity index is 1.34. The Labute approximate surface area is 226 Å². The highest BCUT2D eigenvalue weighted by molar-refractivity contribution is 5.70. The number of ether oxygens (including phenoxy) is 2. The third-order valence-corrected chi connectivity index (χ3v) is 11.0. The molecule has 4 aliphatic carbocycles. The molecule has 0 aliphatic heterocycles. The molecule has 0 aromatic rings. The molecule has 0 unspecified atom stereocenters. The molecule has 4 heteroatoms. The molecule has 0 aromatic carbocycles. The summed E-state index contributed by atoms with van der Waals surface area (Å²) >= 11 is 0. The van der Waals surface area contributed by atoms with E-state index in [0.717, 1.165) is 57.3 Å². The van der Waals surface area contributed by atoms with E-state index in [2.05, 4.69) is 33.8 Å². The predicted molar refractivity (Wildman–Crippen MR) is 149 cm³/mol. The lowest BCUT2D eigenvalue weighted by molar-refractivity contribution is -0.160. The second-order valence-electron chi connectivity index (χ2n) is 13.3. The van der Waals surface area contributed by atoms with Crippen molar-refractivity contribution in [2.75, 3.05) is 0 Å². The maximum atomic E-state index is 12.6. The van der Waals surface area contributed by atoms with Gasteiger partial charge in [-0.05, 0) is 93.5 Å². The van der Waals surface area contributed by atoms with E-state index < -0.39 is 0 Å². The minimum absolute atomic E-state index is 0.0133. The summed E-state index contributed by atoms with van der Waals surface area (Å²) < 4.78 is 12.1. The smallest absolute Gasteiger partial charge is 0.306 e. The first-order valence-corrected chi connectivity index (χ1v) is 15.9. The lowest BCUT2D eigenvalue weighted by Gasteiger charge is -2.58. The summed E-state index contributed by atoms with van der Waals surface area (Å²) in [5.74, 6) is 2.12. The number of carbonyl (C=O) groups excluding carboxylic acids is 2. The van der Waals surface area contributed by atoms with E-state index in [4.69, 9.17) is 9.47 Å². The van der Waals surface area contributed by atoms with Crippen LogP contribution in [0.15, 0.2) is 11.6 Å². The molecule has 0 amide bonds. The van der Waals surface area contributed by atoms with E-state index in [1.165, 1.54) is 51.4 Å². The zero-order chi connectivity index (χ0) is 26.5. The molecule has 0 radical (unpaired) electrons. The molecule has 7 atom stereocenters. The Kier molecular flexibility index (Phi) is 9.84. The van der Waals surface area contributed by atoms with Gasteiger partial charge in [0.15, 0.2) is 0 Å². The lowest BCUT2D eigenvalue weighted by atomic mass is 9.47. The van der Waals surface area contributed by atoms with Gasteiger partial charge in [0.25, 0.3) is 0 Å². The van der Waals surface area contributed by atoms with Gasteiger partial charge in [-0.15, -0.1) is 0 Å². The summed E-state index contributed by atoms with van der Waals surface area (Å²) in [6, 6.07) is 0. The zero-order valence-electron chi connectivity index (χ0n) is 24.3. The van der Waals surface area contributed by atoms with E-state index in [-0.39, 0.29) is 35.0 Å². The number of carbonyl (C=O) groups is 2. The van der Waals surface area contributed by atoms with E-state index in [9.17, 15) is 9.59 Å². The highest BCUT2D eigenvalue weighted by Gasteiger charge is 2.60. The molecule has 0 bridgehead atoms. The number of unbranched alkanes of at least 4 members (excludes halogenated alkanes) is 6. The number of esters is 2. The van der Waals surface area contributed by atoms with Crippen molar-refractivity contribution in [1.82, 2.24) is 0 Å². The molecule has 0 heterocycles. The van der Waals surface area contributed by atoms with Gasteiger partial charge >= 0.3 is 11.9 Å². The number of hydrogen-bond acceptors (Lipinski definition) is 4. The maximum Gasteiger partial charge on any atom is 0.306 e. The molecule has 0 saturated heterocycles. The highest BCUT2D eigenvalue weighted by Crippen LogP contribution is 2.65. The van der Waals surface area contributed by atoms with Crippen LogP contribution in [0.3, 0.4) is 0 Å². The predicted octanol–water partition coefficient (Wildman–Crippen LogP) is 8.71. The van der Waals surface area contributed by atoms with Gasteiger partial charge in [-0.2, -0.15) is 0 Å². The molecule has 0 aromatic heterocycles. The minimum Gasteiger partial charge on any atom is -0.462 e. The van der Waals surface area contributed by atoms with Gasteiger partial charge in [0.1, 0.15) is 12.2 Å². The van der Waals surface area contributed by atoms with Crippen LogP contribution >= 0.6 is 0 Å². The number of allylic oxidation sites excluding steroid dienone is 1. The normalized spacial score (nSPS) is 36.6. The number of fused-ring (bicyclic) bond motifs is 5. The van der Waals surface area contributed by atoms with Gasteiger partial charge in [-0.3, -0.25) is 9.59 Å². The average Bonchev–Trinajstić information content (AvgIpc) is 3.20. The third kappa shape index (κ3) is 6.30. The summed E-state index contributed by atoms with van der Waals surface area (Å²) in [4.78, 5) is 25.0. The molecule has 37 heavy (non-hydrogen) atoms. The zero-order valence-corrected chi connectivity index (χ0v) is 24.3. The minimum atomic E-state index is -0.0280. The van der Waals surface area contributed by atoms with E-state index >= 15 is 0 Å². The fourth-order valence-corrected chi connectivity index (χ4v) is 8.77. The Morgan fingerprint density at radius 2 is 1.46 bits per heavy atom. The second kappa shape index (κ2) is 12.7. The molecule has 4 nitrogen and oxygen atoms in total. The molecule has 4 aliphatic rings. The average molecular weight is 515 g/mol. The molecular formula is C33H54O4. The molecule has 3 fully saturated rings. The van der Waals surface area contributed by atoms with Gasteiger partial charge in [0.2, 0.25) is 0 Å². The number of hydrogen-bond donors (Lipinski definition) is 0. The van der Waals surface area contributed by atoms with Crippen LogP contribution in [-0.2, 0) is 19.1 Å². The van der Waals surface area contributed by atoms with Crippen molar-refractivity contribution in [3.05, 3.63) is 11.6 Å². The van der Waals surface area contributed by atoms with Gasteiger partial charge < -0.3 is 9.47 Å². The Morgan fingerprint density at radius 1 is 0.784 bits per heavy atom. The first-order valence-electron chi connectivity index (χ1n) is 15.9. The van der Waals surface area contributed by atoms with Gasteiger partial charge in [0, 0.05) is 18.3 Å². The van der Waals surface area contributed by atoms with Gasteiger partial charge in [-0.1, -0.05) is 71.8 Å². The van der Waals surface area contributed by atoms with Crippen molar-refractivity contribution in [3.63, 3.8) is 0 Å². The number of rotatable bonds is 12. The van der Waals surface area contributed by atoms with Crippen LogP contribution in [-0.4, -0.2) is 24.1 Å². The van der Waals surface area contributed by atoms with Crippen molar-refractivity contribution >= 4 is 11.9 Å². The Morgan fingerprint density at radius 3 is 2.14 bits per heavy atom. The Bertz CT molecular complexity index is 817. The van der Waals surface area contributed by atoms with Crippen molar-refractivity contribution in [2.45, 2.75) is 155 Å². The summed E-state index contributed by atoms with van der Waals surface area (Å²) in [7, 11) is 0. The fourth-order valence-electron chi connectivity index (χ4n) is 8.77. The van der Waals surface area contributed by atoms with E-state index in [1.807, 2.05) is 0 Å². The molecule has 0 N–H and O–H groups in total. The van der Waals surface area contributed by atoms with E-state index in [1.54, 1.807) is 5.57 Å². The first-order chi connectivity index (χ1) is 17.8. The SMILES string of the molecule is CCCCCCC(=O)O[C@@H]1C=C2CC[C@H]3[C@@H]4CC[C@H](OC(=O)CCCCCC)[C@@]4(C)CC[C@@H]3[C@@]2(C)CC1. The fraction of sp³-hybridized carbons (Fsp3) is 0.879. The topological polar surface area (TPSA) is 52.6 Å². The quantitative estimate of drug-likeness (QED) is 0.148. The van der Waals surface area contributed by atoms with Crippen LogP contribution in [0.5, 0.6) is 0 Å². The first kappa shape index (κ1) is 28.7. The van der Waals surface area contributed by atoms with E-state index in [0.29, 0.717) is 24.7 Å². The standard InChI is InChI=1S/C33H54O4/c1-5-7-9-11-13-30(34)36-25-19-21-32(3)24(23-25)15-16-26-27-17-18-29(33(27,4)22-20-28(26)32)37-31(35)14-12-10-8-6-2/h23,25-29H,5-22H2,1-4H3/t25-,26-,27-,28-,29-,32-,33-/m0/s1. The molecule has 210 valence electrons. The summed E-state index contributed by atoms with van der Waals surface area (Å²) in [6.07, 6.45) is 21.6.